The third-order valence-electron chi connectivity index (χ3n) is 4.13. The highest BCUT2D eigenvalue weighted by atomic mass is 16.6. The van der Waals surface area contributed by atoms with Crippen LogP contribution in [-0.4, -0.2) is 18.1 Å². The van der Waals surface area contributed by atoms with Crippen molar-refractivity contribution in [2.24, 2.45) is 0 Å². The maximum Gasteiger partial charge on any atom is 0.357 e. The van der Waals surface area contributed by atoms with Crippen LogP contribution in [0.5, 0.6) is 5.75 Å². The summed E-state index contributed by atoms with van der Waals surface area (Å²) in [5.41, 5.74) is 1.27. The van der Waals surface area contributed by atoms with Gasteiger partial charge in [-0.1, -0.05) is 12.1 Å². The van der Waals surface area contributed by atoms with Crippen molar-refractivity contribution in [3.63, 3.8) is 0 Å². The van der Waals surface area contributed by atoms with Gasteiger partial charge in [0.15, 0.2) is 0 Å². The van der Waals surface area contributed by atoms with E-state index in [2.05, 4.69) is 9.88 Å². The first-order valence-electron chi connectivity index (χ1n) is 7.85. The molecule has 0 saturated carbocycles. The van der Waals surface area contributed by atoms with Gasteiger partial charge in [0, 0.05) is 6.07 Å². The molecule has 1 saturated heterocycles. The molecule has 6 heteroatoms. The molecule has 0 radical (unpaired) electrons. The van der Waals surface area contributed by atoms with Gasteiger partial charge < -0.3 is 4.74 Å². The van der Waals surface area contributed by atoms with Crippen LogP contribution in [0.15, 0.2) is 42.6 Å². The number of aromatic amines is 1. The van der Waals surface area contributed by atoms with Crippen LogP contribution in [0, 0.1) is 10.1 Å². The summed E-state index contributed by atoms with van der Waals surface area (Å²) in [7, 11) is 0. The molecule has 1 aromatic carbocycles. The third-order valence-corrected chi connectivity index (χ3v) is 4.13. The summed E-state index contributed by atoms with van der Waals surface area (Å²) in [5, 5.41) is 11.3. The van der Waals surface area contributed by atoms with Crippen molar-refractivity contribution in [2.75, 3.05) is 18.1 Å². The Morgan fingerprint density at radius 1 is 1.35 bits per heavy atom. The Morgan fingerprint density at radius 3 is 2.83 bits per heavy atom. The molecule has 2 heterocycles. The molecule has 0 amide bonds. The van der Waals surface area contributed by atoms with Crippen molar-refractivity contribution in [2.45, 2.75) is 25.8 Å². The van der Waals surface area contributed by atoms with Crippen LogP contribution >= 0.6 is 0 Å². The van der Waals surface area contributed by atoms with Crippen molar-refractivity contribution in [1.29, 1.82) is 0 Å². The first-order valence-corrected chi connectivity index (χ1v) is 7.85. The Hall–Kier alpha value is -2.63. The molecule has 0 spiro atoms. The lowest BCUT2D eigenvalue weighted by molar-refractivity contribution is -0.411. The van der Waals surface area contributed by atoms with Crippen LogP contribution in [-0.2, 0) is 0 Å². The first kappa shape index (κ1) is 15.3. The molecule has 1 fully saturated rings. The van der Waals surface area contributed by atoms with Gasteiger partial charge in [-0.2, -0.15) is 0 Å². The monoisotopic (exact) mass is 314 g/mol. The number of anilines is 1. The highest BCUT2D eigenvalue weighted by Crippen LogP contribution is 2.38. The quantitative estimate of drug-likeness (QED) is 0.628. The number of ether oxygens (including phenoxy) is 1. The van der Waals surface area contributed by atoms with Crippen molar-refractivity contribution < 1.29 is 14.6 Å². The SMILES string of the molecule is CCOc1ccc([C@@H]2CCCN2c2[nH+]cccc2[N+](=O)[O-])cc1. The third kappa shape index (κ3) is 3.11. The molecule has 0 bridgehead atoms. The summed E-state index contributed by atoms with van der Waals surface area (Å²) >= 11 is 0. The minimum absolute atomic E-state index is 0.116. The van der Waals surface area contributed by atoms with Crippen molar-refractivity contribution in [3.05, 3.63) is 58.3 Å². The largest absolute Gasteiger partial charge is 0.494 e. The van der Waals surface area contributed by atoms with Crippen LogP contribution in [0.1, 0.15) is 31.4 Å². The van der Waals surface area contributed by atoms with E-state index in [9.17, 15) is 10.1 Å². The van der Waals surface area contributed by atoms with Gasteiger partial charge in [0.25, 0.3) is 0 Å². The zero-order valence-corrected chi connectivity index (χ0v) is 13.1. The second kappa shape index (κ2) is 6.64. The lowest BCUT2D eigenvalue weighted by Gasteiger charge is -2.19. The number of pyridine rings is 1. The summed E-state index contributed by atoms with van der Waals surface area (Å²) in [5.74, 6) is 1.42. The van der Waals surface area contributed by atoms with E-state index in [0.29, 0.717) is 12.4 Å². The molecule has 1 aromatic heterocycles. The number of nitro groups is 1. The summed E-state index contributed by atoms with van der Waals surface area (Å²) in [6.07, 6.45) is 3.72. The zero-order chi connectivity index (χ0) is 16.2. The average Bonchev–Trinajstić information content (AvgIpc) is 3.05. The molecule has 120 valence electrons. The Balaban J connectivity index is 1.90. The fourth-order valence-electron chi connectivity index (χ4n) is 3.13. The van der Waals surface area contributed by atoms with Crippen LogP contribution in [0.2, 0.25) is 0 Å². The van der Waals surface area contributed by atoms with Gasteiger partial charge >= 0.3 is 11.5 Å². The molecule has 0 unspecified atom stereocenters. The van der Waals surface area contributed by atoms with Crippen molar-refractivity contribution in [3.8, 4) is 5.75 Å². The average molecular weight is 314 g/mol. The molecule has 1 atom stereocenters. The van der Waals surface area contributed by atoms with Gasteiger partial charge in [-0.3, -0.25) is 10.1 Å². The molecule has 3 rings (SSSR count). The number of H-pyrrole nitrogens is 1. The number of aromatic nitrogens is 1. The van der Waals surface area contributed by atoms with Crippen molar-refractivity contribution >= 4 is 11.5 Å². The molecular weight excluding hydrogens is 294 g/mol. The van der Waals surface area contributed by atoms with E-state index in [1.54, 1.807) is 18.3 Å². The first-order chi connectivity index (χ1) is 11.2. The molecule has 2 aromatic rings. The van der Waals surface area contributed by atoms with Crippen LogP contribution in [0.25, 0.3) is 0 Å². The molecule has 6 nitrogen and oxygen atoms in total. The number of benzene rings is 1. The normalized spacial score (nSPS) is 17.3. The zero-order valence-electron chi connectivity index (χ0n) is 13.1. The molecule has 0 aliphatic carbocycles. The minimum atomic E-state index is -0.334. The maximum atomic E-state index is 11.3. The van der Waals surface area contributed by atoms with E-state index in [1.807, 2.05) is 31.2 Å². The van der Waals surface area contributed by atoms with Crippen LogP contribution in [0.4, 0.5) is 11.5 Å². The number of nitrogens with one attached hydrogen (secondary N) is 1. The number of hydrogen-bond donors (Lipinski definition) is 0. The van der Waals surface area contributed by atoms with E-state index in [4.69, 9.17) is 4.74 Å². The van der Waals surface area contributed by atoms with E-state index < -0.39 is 0 Å². The summed E-state index contributed by atoms with van der Waals surface area (Å²) in [6, 6.07) is 11.3. The van der Waals surface area contributed by atoms with Crippen molar-refractivity contribution in [1.82, 2.24) is 0 Å². The van der Waals surface area contributed by atoms with E-state index in [-0.39, 0.29) is 16.7 Å². The Labute approximate surface area is 134 Å². The lowest BCUT2D eigenvalue weighted by atomic mass is 10.0. The number of hydrogen-bond acceptors (Lipinski definition) is 4. The predicted octanol–water partition coefficient (Wildman–Crippen LogP) is 3.15. The molecule has 1 N–H and O–H groups in total. The molecule has 23 heavy (non-hydrogen) atoms. The Bertz CT molecular complexity index is 688. The highest BCUT2D eigenvalue weighted by molar-refractivity contribution is 5.55. The predicted molar refractivity (Wildman–Crippen MR) is 86.6 cm³/mol. The van der Waals surface area contributed by atoms with E-state index in [0.717, 1.165) is 30.7 Å². The lowest BCUT2D eigenvalue weighted by Crippen LogP contribution is -2.29. The molecule has 1 aliphatic rings. The van der Waals surface area contributed by atoms with Gasteiger partial charge in [0.2, 0.25) is 0 Å². The van der Waals surface area contributed by atoms with Crippen LogP contribution < -0.4 is 14.6 Å². The summed E-state index contributed by atoms with van der Waals surface area (Å²) < 4.78 is 5.48. The van der Waals surface area contributed by atoms with Gasteiger partial charge in [-0.15, -0.1) is 0 Å². The second-order valence-electron chi connectivity index (χ2n) is 5.51. The van der Waals surface area contributed by atoms with E-state index >= 15 is 0 Å². The smallest absolute Gasteiger partial charge is 0.357 e. The molecular formula is C17H20N3O3+. The topological polar surface area (TPSA) is 69.8 Å². The second-order valence-corrected chi connectivity index (χ2v) is 5.51. The Morgan fingerprint density at radius 2 is 2.13 bits per heavy atom. The molecule has 1 aliphatic heterocycles. The van der Waals surface area contributed by atoms with Crippen LogP contribution in [0.3, 0.4) is 0 Å². The fourth-order valence-corrected chi connectivity index (χ4v) is 3.13. The standard InChI is InChI=1S/C17H19N3O3/c1-2-23-14-9-7-13(8-10-14)15-6-4-12-19(15)17-16(20(21)22)5-3-11-18-17/h3,5,7-11,15H,2,4,6,12H2,1H3/p+1/t15-/m0/s1. The minimum Gasteiger partial charge on any atom is -0.494 e. The number of rotatable bonds is 5. The van der Waals surface area contributed by atoms with E-state index in [1.165, 1.54) is 0 Å². The maximum absolute atomic E-state index is 11.3. The number of nitrogens with zero attached hydrogens (tertiary/aromatic N) is 2. The van der Waals surface area contributed by atoms with Gasteiger partial charge in [0.05, 0.1) is 24.3 Å². The van der Waals surface area contributed by atoms with Gasteiger partial charge in [-0.05, 0) is 43.5 Å². The van der Waals surface area contributed by atoms with Gasteiger partial charge in [-0.25, -0.2) is 9.88 Å². The van der Waals surface area contributed by atoms with Gasteiger partial charge in [0.1, 0.15) is 11.8 Å². The highest BCUT2D eigenvalue weighted by Gasteiger charge is 2.38. The fraction of sp³-hybridized carbons (Fsp3) is 0.353. The summed E-state index contributed by atoms with van der Waals surface area (Å²) in [4.78, 5) is 16.1. The Kier molecular flexibility index (Phi) is 4.41. The summed E-state index contributed by atoms with van der Waals surface area (Å²) in [6.45, 7) is 3.40.